The summed E-state index contributed by atoms with van der Waals surface area (Å²) in [5.41, 5.74) is -0.303. The second-order valence-corrected chi connectivity index (χ2v) is 11.7. The maximum absolute atomic E-state index is 13.2. The Hall–Kier alpha value is -2.12. The van der Waals surface area contributed by atoms with Gasteiger partial charge >= 0.3 is 6.09 Å². The fraction of sp³-hybridized carbons (Fsp3) is 0.714. The van der Waals surface area contributed by atoms with Crippen molar-refractivity contribution in [3.05, 3.63) is 30.3 Å². The van der Waals surface area contributed by atoms with E-state index in [-0.39, 0.29) is 29.8 Å². The van der Waals surface area contributed by atoms with Crippen LogP contribution in [0.2, 0.25) is 0 Å². The zero-order valence-corrected chi connectivity index (χ0v) is 21.4. The van der Waals surface area contributed by atoms with Crippen molar-refractivity contribution in [2.45, 2.75) is 77.9 Å². The number of carbonyl (C=O) groups is 2. The van der Waals surface area contributed by atoms with Crippen molar-refractivity contribution < 1.29 is 24.5 Å². The summed E-state index contributed by atoms with van der Waals surface area (Å²) in [6.07, 6.45) is 3.56. The zero-order valence-electron chi connectivity index (χ0n) is 21.4. The first-order chi connectivity index (χ1) is 16.7. The largest absolute Gasteiger partial charge is 0.445 e. The van der Waals surface area contributed by atoms with E-state index in [1.165, 1.54) is 0 Å². The fourth-order valence-electron chi connectivity index (χ4n) is 7.15. The van der Waals surface area contributed by atoms with Crippen LogP contribution in [-0.4, -0.2) is 59.0 Å². The topological polar surface area (TPSA) is 99.1 Å². The predicted molar refractivity (Wildman–Crippen MR) is 135 cm³/mol. The maximum Gasteiger partial charge on any atom is 0.411 e. The first kappa shape index (κ1) is 26.0. The van der Waals surface area contributed by atoms with E-state index in [4.69, 9.17) is 4.74 Å². The van der Waals surface area contributed by atoms with Crippen LogP contribution in [-0.2, 0) is 9.53 Å². The first-order valence-electron chi connectivity index (χ1n) is 13.3. The molecule has 35 heavy (non-hydrogen) atoms. The highest BCUT2D eigenvalue weighted by Gasteiger charge is 2.60. The molecular weight excluding hydrogens is 444 g/mol. The molecule has 1 saturated heterocycles. The quantitative estimate of drug-likeness (QED) is 0.572. The Labute approximate surface area is 209 Å². The van der Waals surface area contributed by atoms with Crippen molar-refractivity contribution in [1.82, 2.24) is 4.90 Å². The van der Waals surface area contributed by atoms with E-state index < -0.39 is 23.7 Å². The molecule has 2 aliphatic carbocycles. The number of hydrogen-bond donors (Lipinski definition) is 3. The van der Waals surface area contributed by atoms with Crippen molar-refractivity contribution in [3.63, 3.8) is 0 Å². The Morgan fingerprint density at radius 2 is 1.77 bits per heavy atom. The number of hydrogen-bond acceptors (Lipinski definition) is 5. The summed E-state index contributed by atoms with van der Waals surface area (Å²) in [6, 6.07) is 9.18. The van der Waals surface area contributed by atoms with Gasteiger partial charge in [0.1, 0.15) is 6.10 Å². The minimum absolute atomic E-state index is 0.0332. The monoisotopic (exact) mass is 486 g/mol. The van der Waals surface area contributed by atoms with Gasteiger partial charge in [0.15, 0.2) is 0 Å². The average molecular weight is 487 g/mol. The summed E-state index contributed by atoms with van der Waals surface area (Å²) in [4.78, 5) is 27.9. The number of aliphatic hydroxyl groups is 2. The van der Waals surface area contributed by atoms with Gasteiger partial charge < -0.3 is 19.8 Å². The van der Waals surface area contributed by atoms with E-state index in [0.717, 1.165) is 38.8 Å². The van der Waals surface area contributed by atoms with Gasteiger partial charge in [0.25, 0.3) is 0 Å². The molecule has 0 spiro atoms. The summed E-state index contributed by atoms with van der Waals surface area (Å²) < 4.78 is 5.90. The molecule has 0 radical (unpaired) electrons. The number of ether oxygens (including phenoxy) is 1. The van der Waals surface area contributed by atoms with Crippen LogP contribution < -0.4 is 5.32 Å². The van der Waals surface area contributed by atoms with Crippen LogP contribution >= 0.6 is 0 Å². The summed E-state index contributed by atoms with van der Waals surface area (Å²) >= 11 is 0. The molecule has 6 atom stereocenters. The van der Waals surface area contributed by atoms with E-state index in [1.54, 1.807) is 12.1 Å². The second kappa shape index (κ2) is 10.5. The van der Waals surface area contributed by atoms with Gasteiger partial charge in [-0.05, 0) is 73.8 Å². The Morgan fingerprint density at radius 1 is 1.09 bits per heavy atom. The lowest BCUT2D eigenvalue weighted by Crippen LogP contribution is -2.61. The number of anilines is 1. The summed E-state index contributed by atoms with van der Waals surface area (Å²) in [5.74, 6) is 0.652. The SMILES string of the molecule is CC1CCN(C(=O)CC2C(O)CCC3C(C)(CO)C(OC(=O)Nc4ccccc4)CCC23C)CC1. The van der Waals surface area contributed by atoms with E-state index in [1.807, 2.05) is 30.0 Å². The molecule has 194 valence electrons. The van der Waals surface area contributed by atoms with Crippen molar-refractivity contribution in [3.8, 4) is 0 Å². The highest BCUT2D eigenvalue weighted by atomic mass is 16.6. The lowest BCUT2D eigenvalue weighted by molar-refractivity contribution is -0.186. The summed E-state index contributed by atoms with van der Waals surface area (Å²) in [5, 5.41) is 24.4. The molecule has 7 nitrogen and oxygen atoms in total. The molecule has 1 heterocycles. The van der Waals surface area contributed by atoms with Gasteiger partial charge in [-0.1, -0.05) is 39.0 Å². The standard InChI is InChI=1S/C28H42N2O5/c1-19-12-15-30(16-13-19)25(33)17-21-22(32)9-10-23-27(21,2)14-11-24(28(23,3)18-31)35-26(34)29-20-7-5-4-6-8-20/h4-8,19,21-24,31-32H,9-18H2,1-3H3,(H,29,34). The number of piperidine rings is 1. The molecule has 6 unspecified atom stereocenters. The number of nitrogens with zero attached hydrogens (tertiary/aromatic N) is 1. The highest BCUT2D eigenvalue weighted by molar-refractivity contribution is 5.84. The summed E-state index contributed by atoms with van der Waals surface area (Å²) in [6.45, 7) is 7.88. The van der Waals surface area contributed by atoms with Crippen molar-refractivity contribution >= 4 is 17.7 Å². The first-order valence-corrected chi connectivity index (χ1v) is 13.3. The average Bonchev–Trinajstić information content (AvgIpc) is 2.84. The molecule has 3 fully saturated rings. The van der Waals surface area contributed by atoms with E-state index >= 15 is 0 Å². The smallest absolute Gasteiger partial charge is 0.411 e. The molecular formula is C28H42N2O5. The Morgan fingerprint density at radius 3 is 2.43 bits per heavy atom. The molecule has 4 rings (SSSR count). The molecule has 3 N–H and O–H groups in total. The third-order valence-electron chi connectivity index (χ3n) is 9.48. The molecule has 1 aliphatic heterocycles. The number of carbonyl (C=O) groups excluding carboxylic acids is 2. The van der Waals surface area contributed by atoms with Gasteiger partial charge in [-0.15, -0.1) is 0 Å². The number of rotatable bonds is 5. The third-order valence-corrected chi connectivity index (χ3v) is 9.48. The summed E-state index contributed by atoms with van der Waals surface area (Å²) in [7, 11) is 0. The van der Waals surface area contributed by atoms with Crippen LogP contribution in [0.25, 0.3) is 0 Å². The number of benzene rings is 1. The van der Waals surface area contributed by atoms with Crippen LogP contribution in [0.3, 0.4) is 0 Å². The van der Waals surface area contributed by atoms with E-state index in [9.17, 15) is 19.8 Å². The van der Waals surface area contributed by atoms with Gasteiger partial charge in [-0.3, -0.25) is 10.1 Å². The predicted octanol–water partition coefficient (Wildman–Crippen LogP) is 4.44. The van der Waals surface area contributed by atoms with E-state index in [0.29, 0.717) is 30.9 Å². The van der Waals surface area contributed by atoms with Gasteiger partial charge in [0, 0.05) is 30.6 Å². The lowest BCUT2D eigenvalue weighted by Gasteiger charge is -2.60. The molecule has 3 aliphatic rings. The number of aliphatic hydroxyl groups excluding tert-OH is 2. The second-order valence-electron chi connectivity index (χ2n) is 11.7. The van der Waals surface area contributed by atoms with Gasteiger partial charge in [-0.2, -0.15) is 0 Å². The van der Waals surface area contributed by atoms with Gasteiger partial charge in [0.05, 0.1) is 12.7 Å². The normalized spacial score (nSPS) is 35.7. The number of para-hydroxylation sites is 1. The molecule has 1 aromatic carbocycles. The van der Waals surface area contributed by atoms with Gasteiger partial charge in [0.2, 0.25) is 5.91 Å². The molecule has 7 heteroatoms. The van der Waals surface area contributed by atoms with Crippen LogP contribution in [0.15, 0.2) is 30.3 Å². The lowest BCUT2D eigenvalue weighted by atomic mass is 9.46. The number of amides is 2. The van der Waals surface area contributed by atoms with Crippen molar-refractivity contribution in [2.75, 3.05) is 25.0 Å². The van der Waals surface area contributed by atoms with Crippen molar-refractivity contribution in [2.24, 2.45) is 28.6 Å². The Balaban J connectivity index is 1.48. The van der Waals surface area contributed by atoms with Gasteiger partial charge in [-0.25, -0.2) is 4.79 Å². The molecule has 1 aromatic rings. The molecule has 0 bridgehead atoms. The minimum Gasteiger partial charge on any atom is -0.445 e. The van der Waals surface area contributed by atoms with Crippen LogP contribution in [0.1, 0.15) is 65.7 Å². The molecule has 2 amide bonds. The Kier molecular flexibility index (Phi) is 7.77. The van der Waals surface area contributed by atoms with Crippen LogP contribution in [0.5, 0.6) is 0 Å². The zero-order chi connectivity index (χ0) is 25.2. The van der Waals surface area contributed by atoms with E-state index in [2.05, 4.69) is 19.2 Å². The number of nitrogens with one attached hydrogen (secondary N) is 1. The molecule has 0 aromatic heterocycles. The van der Waals surface area contributed by atoms with Crippen LogP contribution in [0.4, 0.5) is 10.5 Å². The number of fused-ring (bicyclic) bond motifs is 1. The maximum atomic E-state index is 13.2. The Bertz CT molecular complexity index is 887. The highest BCUT2D eigenvalue weighted by Crippen LogP contribution is 2.61. The fourth-order valence-corrected chi connectivity index (χ4v) is 7.15. The minimum atomic E-state index is -0.650. The third kappa shape index (κ3) is 5.21. The van der Waals surface area contributed by atoms with Crippen LogP contribution in [0, 0.1) is 28.6 Å². The molecule has 2 saturated carbocycles. The number of likely N-dealkylation sites (tertiary alicyclic amines) is 1. The van der Waals surface area contributed by atoms with Crippen molar-refractivity contribution in [1.29, 1.82) is 0 Å².